The Balaban J connectivity index is 1.36. The fourth-order valence-electron chi connectivity index (χ4n) is 3.98. The minimum Gasteiger partial charge on any atom is -0.351 e. The van der Waals surface area contributed by atoms with Crippen molar-refractivity contribution in [1.82, 2.24) is 19.5 Å². The first-order chi connectivity index (χ1) is 15.3. The van der Waals surface area contributed by atoms with Crippen molar-refractivity contribution in [2.24, 2.45) is 0 Å². The molecule has 1 aliphatic heterocycles. The lowest BCUT2D eigenvalue weighted by molar-refractivity contribution is -0.122. The highest BCUT2D eigenvalue weighted by atomic mass is 32.2. The zero-order valence-electron chi connectivity index (χ0n) is 18.4. The molecule has 0 unspecified atom stereocenters. The van der Waals surface area contributed by atoms with Crippen LogP contribution in [0.3, 0.4) is 0 Å². The largest absolute Gasteiger partial charge is 0.351 e. The van der Waals surface area contributed by atoms with Crippen LogP contribution in [0.25, 0.3) is 10.9 Å². The van der Waals surface area contributed by atoms with Gasteiger partial charge in [-0.15, -0.1) is 0 Å². The molecule has 1 aliphatic rings. The van der Waals surface area contributed by atoms with Gasteiger partial charge in [0.25, 0.3) is 0 Å². The summed E-state index contributed by atoms with van der Waals surface area (Å²) in [5.41, 5.74) is 3.72. The first-order valence-corrected chi connectivity index (χ1v) is 12.2. The maximum Gasteiger partial charge on any atom is 0.245 e. The van der Waals surface area contributed by atoms with Crippen LogP contribution in [0, 0.1) is 13.8 Å². The number of piperazine rings is 1. The summed E-state index contributed by atoms with van der Waals surface area (Å²) in [6.45, 7) is 6.41. The number of nitrogens with zero attached hydrogens (tertiary/aromatic N) is 3. The molecule has 1 N–H and O–H groups in total. The van der Waals surface area contributed by atoms with E-state index in [0.717, 1.165) is 22.1 Å². The lowest BCUT2D eigenvalue weighted by Gasteiger charge is -2.33. The highest BCUT2D eigenvalue weighted by molar-refractivity contribution is 7.89. The van der Waals surface area contributed by atoms with Gasteiger partial charge in [-0.25, -0.2) is 8.42 Å². The maximum atomic E-state index is 13.3. The monoisotopic (exact) mass is 452 g/mol. The van der Waals surface area contributed by atoms with E-state index >= 15 is 0 Å². The smallest absolute Gasteiger partial charge is 0.245 e. The van der Waals surface area contributed by atoms with Gasteiger partial charge in [-0.2, -0.15) is 4.31 Å². The van der Waals surface area contributed by atoms with E-state index in [9.17, 15) is 13.2 Å². The van der Waals surface area contributed by atoms with Gasteiger partial charge in [0, 0.05) is 44.3 Å². The van der Waals surface area contributed by atoms with Gasteiger partial charge in [-0.3, -0.25) is 14.7 Å². The number of amides is 1. The summed E-state index contributed by atoms with van der Waals surface area (Å²) in [5.74, 6) is -0.0572. The molecule has 1 aromatic heterocycles. The highest BCUT2D eigenvalue weighted by Gasteiger charge is 2.30. The van der Waals surface area contributed by atoms with Gasteiger partial charge in [0.2, 0.25) is 15.9 Å². The number of pyridine rings is 1. The van der Waals surface area contributed by atoms with Crippen molar-refractivity contribution < 1.29 is 13.2 Å². The first kappa shape index (κ1) is 22.4. The van der Waals surface area contributed by atoms with Crippen molar-refractivity contribution >= 4 is 26.8 Å². The number of nitrogens with one attached hydrogen (secondary N) is 1. The number of hydrogen-bond acceptors (Lipinski definition) is 5. The molecule has 8 heteroatoms. The predicted molar refractivity (Wildman–Crippen MR) is 125 cm³/mol. The molecule has 3 aromatic rings. The molecule has 1 saturated heterocycles. The molecule has 0 atom stereocenters. The molecule has 4 rings (SSSR count). The standard InChI is InChI=1S/C24H28N4O3S/c1-18-14-20-8-5-9-22(24(20)26-15-18)32(30,31)28-12-10-27(11-13-28)17-23(29)25-16-21-7-4-3-6-19(21)2/h3-9,14-15H,10-13,16-17H2,1-2H3,(H,25,29). The predicted octanol–water partition coefficient (Wildman–Crippen LogP) is 2.47. The molecule has 0 aliphatic carbocycles. The van der Waals surface area contributed by atoms with E-state index in [2.05, 4.69) is 10.3 Å². The van der Waals surface area contributed by atoms with E-state index in [1.165, 1.54) is 4.31 Å². The molecule has 32 heavy (non-hydrogen) atoms. The third-order valence-electron chi connectivity index (χ3n) is 5.86. The van der Waals surface area contributed by atoms with E-state index in [0.29, 0.717) is 38.2 Å². The molecule has 0 spiro atoms. The van der Waals surface area contributed by atoms with Gasteiger partial charge >= 0.3 is 0 Å². The second-order valence-corrected chi connectivity index (χ2v) is 10.1. The summed E-state index contributed by atoms with van der Waals surface area (Å²) in [6, 6.07) is 15.1. The van der Waals surface area contributed by atoms with Crippen LogP contribution in [-0.2, 0) is 21.4 Å². The van der Waals surface area contributed by atoms with Crippen molar-refractivity contribution in [2.75, 3.05) is 32.7 Å². The summed E-state index contributed by atoms with van der Waals surface area (Å²) < 4.78 is 28.1. The van der Waals surface area contributed by atoms with E-state index in [4.69, 9.17) is 0 Å². The van der Waals surface area contributed by atoms with E-state index < -0.39 is 10.0 Å². The molecular formula is C24H28N4O3S. The quantitative estimate of drug-likeness (QED) is 0.621. The van der Waals surface area contributed by atoms with Crippen LogP contribution in [-0.4, -0.2) is 61.2 Å². The Morgan fingerprint density at radius 1 is 1.03 bits per heavy atom. The third kappa shape index (κ3) is 4.82. The fraction of sp³-hybridized carbons (Fsp3) is 0.333. The number of aryl methyl sites for hydroxylation is 2. The number of para-hydroxylation sites is 1. The minimum absolute atomic E-state index is 0.0572. The Hall–Kier alpha value is -2.81. The second-order valence-electron chi connectivity index (χ2n) is 8.22. The number of fused-ring (bicyclic) bond motifs is 1. The number of aromatic nitrogens is 1. The molecule has 7 nitrogen and oxygen atoms in total. The van der Waals surface area contributed by atoms with Crippen LogP contribution in [0.4, 0.5) is 0 Å². The fourth-order valence-corrected chi connectivity index (χ4v) is 5.57. The summed E-state index contributed by atoms with van der Waals surface area (Å²) in [4.78, 5) is 19.0. The molecule has 0 saturated carbocycles. The van der Waals surface area contributed by atoms with Crippen LogP contribution in [0.1, 0.15) is 16.7 Å². The van der Waals surface area contributed by atoms with Gasteiger partial charge in [-0.1, -0.05) is 36.4 Å². The Kier molecular flexibility index (Phi) is 6.55. The van der Waals surface area contributed by atoms with Gasteiger partial charge in [0.15, 0.2) is 0 Å². The Bertz CT molecular complexity index is 1230. The highest BCUT2D eigenvalue weighted by Crippen LogP contribution is 2.25. The van der Waals surface area contributed by atoms with Gasteiger partial charge < -0.3 is 5.32 Å². The Morgan fingerprint density at radius 2 is 1.78 bits per heavy atom. The number of carbonyl (C=O) groups is 1. The summed E-state index contributed by atoms with van der Waals surface area (Å²) in [5, 5.41) is 3.77. The number of hydrogen-bond donors (Lipinski definition) is 1. The van der Waals surface area contributed by atoms with Crippen molar-refractivity contribution in [3.05, 3.63) is 71.4 Å². The maximum absolute atomic E-state index is 13.3. The van der Waals surface area contributed by atoms with Crippen LogP contribution < -0.4 is 5.32 Å². The molecule has 1 fully saturated rings. The van der Waals surface area contributed by atoms with E-state index in [1.54, 1.807) is 18.3 Å². The van der Waals surface area contributed by atoms with Gasteiger partial charge in [0.05, 0.1) is 12.1 Å². The number of rotatable bonds is 6. The average Bonchev–Trinajstić information content (AvgIpc) is 2.78. The minimum atomic E-state index is -3.66. The molecule has 0 radical (unpaired) electrons. The van der Waals surface area contributed by atoms with Crippen LogP contribution in [0.2, 0.25) is 0 Å². The normalized spacial score (nSPS) is 15.7. The molecule has 1 amide bonds. The first-order valence-electron chi connectivity index (χ1n) is 10.7. The summed E-state index contributed by atoms with van der Waals surface area (Å²) in [6.07, 6.45) is 1.69. The Labute approximate surface area is 189 Å². The lowest BCUT2D eigenvalue weighted by atomic mass is 10.1. The van der Waals surface area contributed by atoms with Gasteiger partial charge in [-0.05, 0) is 42.7 Å². The molecular weight excluding hydrogens is 424 g/mol. The van der Waals surface area contributed by atoms with Crippen molar-refractivity contribution in [1.29, 1.82) is 0 Å². The molecule has 168 valence electrons. The van der Waals surface area contributed by atoms with Crippen molar-refractivity contribution in [2.45, 2.75) is 25.3 Å². The summed E-state index contributed by atoms with van der Waals surface area (Å²) >= 11 is 0. The number of sulfonamides is 1. The van der Waals surface area contributed by atoms with Crippen LogP contribution in [0.15, 0.2) is 59.6 Å². The average molecular weight is 453 g/mol. The third-order valence-corrected chi connectivity index (χ3v) is 7.79. The molecule has 0 bridgehead atoms. The second kappa shape index (κ2) is 9.36. The number of carbonyl (C=O) groups excluding carboxylic acids is 1. The summed E-state index contributed by atoms with van der Waals surface area (Å²) in [7, 11) is -3.66. The SMILES string of the molecule is Cc1cnc2c(S(=O)(=O)N3CCN(CC(=O)NCc4ccccc4C)CC3)cccc2c1. The molecule has 2 aromatic carbocycles. The molecule has 2 heterocycles. The van der Waals surface area contributed by atoms with Crippen LogP contribution >= 0.6 is 0 Å². The van der Waals surface area contributed by atoms with E-state index in [1.807, 2.05) is 55.1 Å². The van der Waals surface area contributed by atoms with Crippen LogP contribution in [0.5, 0.6) is 0 Å². The number of benzene rings is 2. The zero-order valence-corrected chi connectivity index (χ0v) is 19.2. The topological polar surface area (TPSA) is 82.6 Å². The lowest BCUT2D eigenvalue weighted by Crippen LogP contribution is -2.51. The van der Waals surface area contributed by atoms with Crippen molar-refractivity contribution in [3.8, 4) is 0 Å². The van der Waals surface area contributed by atoms with Crippen molar-refractivity contribution in [3.63, 3.8) is 0 Å². The Morgan fingerprint density at radius 3 is 2.53 bits per heavy atom. The zero-order chi connectivity index (χ0) is 22.7. The van der Waals surface area contributed by atoms with E-state index in [-0.39, 0.29) is 17.3 Å². The van der Waals surface area contributed by atoms with Gasteiger partial charge in [0.1, 0.15) is 4.90 Å².